The summed E-state index contributed by atoms with van der Waals surface area (Å²) in [7, 11) is 1.72. The predicted molar refractivity (Wildman–Crippen MR) is 73.4 cm³/mol. The third-order valence-corrected chi connectivity index (χ3v) is 4.49. The molecule has 0 N–H and O–H groups in total. The van der Waals surface area contributed by atoms with Crippen LogP contribution in [0.1, 0.15) is 12.5 Å². The molecule has 1 heterocycles. The lowest BCUT2D eigenvalue weighted by Gasteiger charge is -2.17. The molecule has 0 fully saturated rings. The molecular weight excluding hydrogens is 286 g/mol. The minimum absolute atomic E-state index is 0.0793. The van der Waals surface area contributed by atoms with Gasteiger partial charge in [0.15, 0.2) is 0 Å². The maximum absolute atomic E-state index is 5.21. The molecule has 1 aromatic rings. The Hall–Kier alpha value is -0.320. The maximum Gasteiger partial charge on any atom is 0.0997 e. The van der Waals surface area contributed by atoms with Crippen molar-refractivity contribution in [3.8, 4) is 0 Å². The molecule has 1 aromatic carbocycles. The molecule has 0 spiro atoms. The van der Waals surface area contributed by atoms with Gasteiger partial charge in [0.25, 0.3) is 0 Å². The molecule has 0 bridgehead atoms. The fourth-order valence-corrected chi connectivity index (χ4v) is 3.51. The standard InChI is InChI=1S/C12H14BrNOS/c1-12(7-15-2)8-16-11(14-12)9-5-3-4-6-10(9)13/h3-6H,7-8H2,1-2H3. The first-order valence-corrected chi connectivity index (χ1v) is 6.89. The van der Waals surface area contributed by atoms with E-state index in [1.807, 2.05) is 18.2 Å². The molecule has 0 radical (unpaired) electrons. The van der Waals surface area contributed by atoms with E-state index in [-0.39, 0.29) is 5.54 Å². The molecule has 0 saturated carbocycles. The van der Waals surface area contributed by atoms with E-state index in [1.165, 1.54) is 5.56 Å². The summed E-state index contributed by atoms with van der Waals surface area (Å²) in [5.41, 5.74) is 1.09. The van der Waals surface area contributed by atoms with Crippen LogP contribution < -0.4 is 0 Å². The number of benzene rings is 1. The molecule has 0 saturated heterocycles. The van der Waals surface area contributed by atoms with Crippen molar-refractivity contribution in [1.29, 1.82) is 0 Å². The Morgan fingerprint density at radius 1 is 1.50 bits per heavy atom. The molecule has 4 heteroatoms. The highest BCUT2D eigenvalue weighted by Crippen LogP contribution is 2.33. The molecule has 16 heavy (non-hydrogen) atoms. The molecule has 1 atom stereocenters. The van der Waals surface area contributed by atoms with Crippen molar-refractivity contribution in [2.24, 2.45) is 4.99 Å². The zero-order valence-corrected chi connectivity index (χ0v) is 11.8. The van der Waals surface area contributed by atoms with Gasteiger partial charge in [0.1, 0.15) is 0 Å². The van der Waals surface area contributed by atoms with E-state index in [4.69, 9.17) is 9.73 Å². The van der Waals surface area contributed by atoms with E-state index in [9.17, 15) is 0 Å². The Morgan fingerprint density at radius 2 is 2.25 bits per heavy atom. The lowest BCUT2D eigenvalue weighted by Crippen LogP contribution is -2.28. The highest BCUT2D eigenvalue weighted by molar-refractivity contribution is 9.10. The Labute approximate surface area is 109 Å². The number of methoxy groups -OCH3 is 1. The molecule has 1 unspecified atom stereocenters. The second-order valence-electron chi connectivity index (χ2n) is 4.12. The van der Waals surface area contributed by atoms with Crippen LogP contribution in [0.4, 0.5) is 0 Å². The van der Waals surface area contributed by atoms with Crippen LogP contribution in [-0.2, 0) is 4.74 Å². The number of hydrogen-bond acceptors (Lipinski definition) is 3. The molecule has 0 aromatic heterocycles. The smallest absolute Gasteiger partial charge is 0.0997 e. The molecule has 2 nitrogen and oxygen atoms in total. The van der Waals surface area contributed by atoms with E-state index >= 15 is 0 Å². The highest BCUT2D eigenvalue weighted by atomic mass is 79.9. The van der Waals surface area contributed by atoms with Gasteiger partial charge in [-0.25, -0.2) is 0 Å². The minimum Gasteiger partial charge on any atom is -0.382 e. The number of hydrogen-bond donors (Lipinski definition) is 0. The molecule has 2 rings (SSSR count). The largest absolute Gasteiger partial charge is 0.382 e. The molecule has 0 aliphatic carbocycles. The van der Waals surface area contributed by atoms with Gasteiger partial charge >= 0.3 is 0 Å². The molecule has 1 aliphatic rings. The summed E-state index contributed by atoms with van der Waals surface area (Å²) >= 11 is 5.35. The zero-order valence-electron chi connectivity index (χ0n) is 9.37. The van der Waals surface area contributed by atoms with Crippen molar-refractivity contribution in [3.05, 3.63) is 34.3 Å². The monoisotopic (exact) mass is 299 g/mol. The number of nitrogens with zero attached hydrogens (tertiary/aromatic N) is 1. The molecule has 86 valence electrons. The predicted octanol–water partition coefficient (Wildman–Crippen LogP) is 3.35. The third-order valence-electron chi connectivity index (χ3n) is 2.45. The van der Waals surface area contributed by atoms with Gasteiger partial charge in [-0.3, -0.25) is 4.99 Å². The Kier molecular flexibility index (Phi) is 3.72. The minimum atomic E-state index is -0.0793. The number of ether oxygens (including phenoxy) is 1. The van der Waals surface area contributed by atoms with Crippen molar-refractivity contribution in [1.82, 2.24) is 0 Å². The topological polar surface area (TPSA) is 21.6 Å². The van der Waals surface area contributed by atoms with Crippen molar-refractivity contribution < 1.29 is 4.74 Å². The van der Waals surface area contributed by atoms with Crippen LogP contribution in [-0.4, -0.2) is 30.1 Å². The van der Waals surface area contributed by atoms with Crippen molar-refractivity contribution in [2.75, 3.05) is 19.5 Å². The van der Waals surface area contributed by atoms with Gasteiger partial charge in [-0.15, -0.1) is 11.8 Å². The zero-order chi connectivity index (χ0) is 11.6. The average Bonchev–Trinajstić information content (AvgIpc) is 2.62. The van der Waals surface area contributed by atoms with E-state index in [0.29, 0.717) is 6.61 Å². The first-order valence-electron chi connectivity index (χ1n) is 5.11. The van der Waals surface area contributed by atoms with Crippen LogP contribution in [0.15, 0.2) is 33.7 Å². The first-order chi connectivity index (χ1) is 7.64. The Morgan fingerprint density at radius 3 is 2.94 bits per heavy atom. The van der Waals surface area contributed by atoms with E-state index < -0.39 is 0 Å². The normalized spacial score (nSPS) is 24.6. The SMILES string of the molecule is COCC1(C)CSC(c2ccccc2Br)=N1. The Balaban J connectivity index is 2.28. The number of thioether (sulfide) groups is 1. The first kappa shape index (κ1) is 12.1. The summed E-state index contributed by atoms with van der Waals surface area (Å²) in [6.45, 7) is 2.81. The second kappa shape index (κ2) is 4.90. The fourth-order valence-electron chi connectivity index (χ4n) is 1.69. The van der Waals surface area contributed by atoms with Gasteiger partial charge < -0.3 is 4.74 Å². The van der Waals surface area contributed by atoms with E-state index in [0.717, 1.165) is 15.3 Å². The summed E-state index contributed by atoms with van der Waals surface area (Å²) in [6.07, 6.45) is 0. The molecule has 0 amide bonds. The van der Waals surface area contributed by atoms with E-state index in [1.54, 1.807) is 18.9 Å². The number of rotatable bonds is 3. The Bertz CT molecular complexity index is 421. The van der Waals surface area contributed by atoms with Crippen molar-refractivity contribution in [3.63, 3.8) is 0 Å². The summed E-state index contributed by atoms with van der Waals surface area (Å²) in [4.78, 5) is 4.77. The van der Waals surface area contributed by atoms with Gasteiger partial charge in [0, 0.05) is 22.9 Å². The number of halogens is 1. The number of aliphatic imine (C=N–C) groups is 1. The van der Waals surface area contributed by atoms with Crippen molar-refractivity contribution in [2.45, 2.75) is 12.5 Å². The van der Waals surface area contributed by atoms with Crippen LogP contribution in [0.5, 0.6) is 0 Å². The van der Waals surface area contributed by atoms with E-state index in [2.05, 4.69) is 28.9 Å². The van der Waals surface area contributed by atoms with Gasteiger partial charge in [-0.1, -0.05) is 34.1 Å². The second-order valence-corrected chi connectivity index (χ2v) is 5.93. The lowest BCUT2D eigenvalue weighted by atomic mass is 10.1. The van der Waals surface area contributed by atoms with Crippen LogP contribution in [0.3, 0.4) is 0 Å². The van der Waals surface area contributed by atoms with Gasteiger partial charge in [-0.05, 0) is 13.0 Å². The fraction of sp³-hybridized carbons (Fsp3) is 0.417. The molecule has 1 aliphatic heterocycles. The van der Waals surface area contributed by atoms with Crippen LogP contribution in [0.2, 0.25) is 0 Å². The summed E-state index contributed by atoms with van der Waals surface area (Å²) in [5, 5.41) is 1.10. The van der Waals surface area contributed by atoms with Gasteiger partial charge in [0.05, 0.1) is 17.2 Å². The summed E-state index contributed by atoms with van der Waals surface area (Å²) < 4.78 is 6.31. The van der Waals surface area contributed by atoms with Crippen LogP contribution >= 0.6 is 27.7 Å². The summed E-state index contributed by atoms with van der Waals surface area (Å²) in [5.74, 6) is 0.984. The van der Waals surface area contributed by atoms with Gasteiger partial charge in [0.2, 0.25) is 0 Å². The van der Waals surface area contributed by atoms with Crippen LogP contribution in [0.25, 0.3) is 0 Å². The highest BCUT2D eigenvalue weighted by Gasteiger charge is 2.31. The molecular formula is C12H14BrNOS. The van der Waals surface area contributed by atoms with Gasteiger partial charge in [-0.2, -0.15) is 0 Å². The third kappa shape index (κ3) is 2.50. The van der Waals surface area contributed by atoms with Crippen molar-refractivity contribution >= 4 is 32.7 Å². The average molecular weight is 300 g/mol. The van der Waals surface area contributed by atoms with Crippen LogP contribution in [0, 0.1) is 0 Å². The summed E-state index contributed by atoms with van der Waals surface area (Å²) in [6, 6.07) is 8.19. The maximum atomic E-state index is 5.21. The quantitative estimate of drug-likeness (QED) is 0.854. The lowest BCUT2D eigenvalue weighted by molar-refractivity contribution is 0.153.